The second-order valence-corrected chi connectivity index (χ2v) is 4.11. The standard InChI is InChI=1S/C13H13Cl2NO/c1-3-6-9(4-2)13(17)16-12-10(14)7-5-8-11(12)15/h3-8H,1-2H3,(H,16,17)/b6-3-,9-4+. The molecule has 90 valence electrons. The molecule has 0 saturated heterocycles. The number of anilines is 1. The van der Waals surface area contributed by atoms with Crippen molar-refractivity contribution in [3.63, 3.8) is 0 Å². The van der Waals surface area contributed by atoms with Crippen molar-refractivity contribution in [2.24, 2.45) is 0 Å². The second kappa shape index (κ2) is 6.48. The molecule has 17 heavy (non-hydrogen) atoms. The molecule has 4 heteroatoms. The average molecular weight is 270 g/mol. The molecule has 0 saturated carbocycles. The number of carbonyl (C=O) groups excluding carboxylic acids is 1. The maximum atomic E-state index is 11.9. The Labute approximate surface area is 111 Å². The molecule has 0 heterocycles. The zero-order chi connectivity index (χ0) is 12.8. The summed E-state index contributed by atoms with van der Waals surface area (Å²) in [5, 5.41) is 3.53. The first-order chi connectivity index (χ1) is 8.10. The van der Waals surface area contributed by atoms with Crippen molar-refractivity contribution >= 4 is 34.8 Å². The van der Waals surface area contributed by atoms with Crippen molar-refractivity contribution in [2.75, 3.05) is 5.32 Å². The molecule has 0 atom stereocenters. The number of benzene rings is 1. The predicted octanol–water partition coefficient (Wildman–Crippen LogP) is 4.45. The Hall–Kier alpha value is -1.25. The van der Waals surface area contributed by atoms with E-state index in [0.29, 0.717) is 21.3 Å². The maximum absolute atomic E-state index is 11.9. The van der Waals surface area contributed by atoms with Gasteiger partial charge in [0.05, 0.1) is 15.7 Å². The summed E-state index contributed by atoms with van der Waals surface area (Å²) in [4.78, 5) is 11.9. The monoisotopic (exact) mass is 269 g/mol. The van der Waals surface area contributed by atoms with E-state index in [0.717, 1.165) is 0 Å². The third-order valence-corrected chi connectivity index (χ3v) is 2.75. The summed E-state index contributed by atoms with van der Waals surface area (Å²) in [6.07, 6.45) is 5.24. The van der Waals surface area contributed by atoms with E-state index in [4.69, 9.17) is 23.2 Å². The minimum atomic E-state index is -0.236. The van der Waals surface area contributed by atoms with Gasteiger partial charge < -0.3 is 5.32 Å². The van der Waals surface area contributed by atoms with Gasteiger partial charge in [0.25, 0.3) is 5.91 Å². The van der Waals surface area contributed by atoms with Crippen LogP contribution in [0.1, 0.15) is 13.8 Å². The van der Waals surface area contributed by atoms with E-state index in [1.54, 1.807) is 43.4 Å². The molecule has 0 aliphatic rings. The highest BCUT2D eigenvalue weighted by atomic mass is 35.5. The predicted molar refractivity (Wildman–Crippen MR) is 73.7 cm³/mol. The largest absolute Gasteiger partial charge is 0.319 e. The molecule has 0 aliphatic carbocycles. The molecular weight excluding hydrogens is 257 g/mol. The van der Waals surface area contributed by atoms with Crippen LogP contribution in [0.15, 0.2) is 42.0 Å². The highest BCUT2D eigenvalue weighted by Crippen LogP contribution is 2.30. The van der Waals surface area contributed by atoms with E-state index < -0.39 is 0 Å². The molecule has 0 bridgehead atoms. The normalized spacial score (nSPS) is 11.9. The molecule has 0 spiro atoms. The number of nitrogens with one attached hydrogen (secondary N) is 1. The number of allylic oxidation sites excluding steroid dienone is 2. The summed E-state index contributed by atoms with van der Waals surface area (Å²) in [7, 11) is 0. The fourth-order valence-electron chi connectivity index (χ4n) is 1.29. The smallest absolute Gasteiger partial charge is 0.255 e. The first-order valence-electron chi connectivity index (χ1n) is 5.14. The third-order valence-electron chi connectivity index (χ3n) is 2.12. The van der Waals surface area contributed by atoms with Crippen LogP contribution < -0.4 is 5.32 Å². The van der Waals surface area contributed by atoms with Gasteiger partial charge in [-0.1, -0.05) is 47.5 Å². The van der Waals surface area contributed by atoms with Crippen LogP contribution in [0.25, 0.3) is 0 Å². The molecule has 1 N–H and O–H groups in total. The van der Waals surface area contributed by atoms with Gasteiger partial charge in [-0.2, -0.15) is 0 Å². The van der Waals surface area contributed by atoms with Crippen molar-refractivity contribution in [3.05, 3.63) is 52.0 Å². The Kier molecular flexibility index (Phi) is 5.26. The summed E-state index contributed by atoms with van der Waals surface area (Å²) in [5.41, 5.74) is 0.994. The molecule has 0 unspecified atom stereocenters. The number of para-hydroxylation sites is 1. The van der Waals surface area contributed by atoms with Gasteiger partial charge in [0.2, 0.25) is 0 Å². The highest BCUT2D eigenvalue weighted by molar-refractivity contribution is 6.40. The zero-order valence-corrected chi connectivity index (χ0v) is 11.1. The summed E-state index contributed by atoms with van der Waals surface area (Å²) in [5.74, 6) is -0.236. The molecule has 1 rings (SSSR count). The van der Waals surface area contributed by atoms with Gasteiger partial charge in [-0.3, -0.25) is 4.79 Å². The Morgan fingerprint density at radius 2 is 1.82 bits per heavy atom. The molecule has 1 amide bonds. The highest BCUT2D eigenvalue weighted by Gasteiger charge is 2.11. The Balaban J connectivity index is 2.96. The van der Waals surface area contributed by atoms with Crippen molar-refractivity contribution in [2.45, 2.75) is 13.8 Å². The van der Waals surface area contributed by atoms with Crippen LogP contribution in [0.4, 0.5) is 5.69 Å². The van der Waals surface area contributed by atoms with E-state index in [2.05, 4.69) is 5.32 Å². The first-order valence-corrected chi connectivity index (χ1v) is 5.90. The molecule has 2 nitrogen and oxygen atoms in total. The number of carbonyl (C=O) groups is 1. The lowest BCUT2D eigenvalue weighted by Gasteiger charge is -2.09. The minimum Gasteiger partial charge on any atom is -0.319 e. The molecule has 1 aromatic carbocycles. The number of amides is 1. The first kappa shape index (κ1) is 13.8. The maximum Gasteiger partial charge on any atom is 0.255 e. The van der Waals surface area contributed by atoms with Gasteiger partial charge in [0, 0.05) is 5.57 Å². The van der Waals surface area contributed by atoms with Crippen LogP contribution in [0, 0.1) is 0 Å². The summed E-state index contributed by atoms with van der Waals surface area (Å²) in [6, 6.07) is 5.07. The number of hydrogen-bond acceptors (Lipinski definition) is 1. The van der Waals surface area contributed by atoms with Gasteiger partial charge in [-0.25, -0.2) is 0 Å². The van der Waals surface area contributed by atoms with E-state index >= 15 is 0 Å². The van der Waals surface area contributed by atoms with E-state index in [9.17, 15) is 4.79 Å². The Morgan fingerprint density at radius 3 is 2.29 bits per heavy atom. The lowest BCUT2D eigenvalue weighted by molar-refractivity contribution is -0.112. The van der Waals surface area contributed by atoms with E-state index in [1.165, 1.54) is 0 Å². The average Bonchev–Trinajstić information content (AvgIpc) is 2.30. The summed E-state index contributed by atoms with van der Waals surface area (Å²) < 4.78 is 0. The fraction of sp³-hybridized carbons (Fsp3) is 0.154. The van der Waals surface area contributed by atoms with Gasteiger partial charge in [0.15, 0.2) is 0 Å². The molecular formula is C13H13Cl2NO. The van der Waals surface area contributed by atoms with Crippen molar-refractivity contribution in [1.29, 1.82) is 0 Å². The molecule has 0 fully saturated rings. The lowest BCUT2D eigenvalue weighted by Crippen LogP contribution is -2.13. The molecule has 0 aliphatic heterocycles. The second-order valence-electron chi connectivity index (χ2n) is 3.29. The third kappa shape index (κ3) is 3.62. The van der Waals surface area contributed by atoms with Crippen molar-refractivity contribution in [1.82, 2.24) is 0 Å². The summed E-state index contributed by atoms with van der Waals surface area (Å²) in [6.45, 7) is 3.64. The molecule has 1 aromatic rings. The number of halogens is 2. The van der Waals surface area contributed by atoms with E-state index in [-0.39, 0.29) is 5.91 Å². The molecule has 0 radical (unpaired) electrons. The van der Waals surface area contributed by atoms with Crippen LogP contribution >= 0.6 is 23.2 Å². The fourth-order valence-corrected chi connectivity index (χ4v) is 1.78. The van der Waals surface area contributed by atoms with Gasteiger partial charge in [-0.15, -0.1) is 0 Å². The number of hydrogen-bond donors (Lipinski definition) is 1. The molecule has 0 aromatic heterocycles. The van der Waals surface area contributed by atoms with Crippen LogP contribution in [0.2, 0.25) is 10.0 Å². The summed E-state index contributed by atoms with van der Waals surface area (Å²) >= 11 is 11.9. The van der Waals surface area contributed by atoms with Crippen LogP contribution in [0.5, 0.6) is 0 Å². The van der Waals surface area contributed by atoms with Crippen molar-refractivity contribution < 1.29 is 4.79 Å². The van der Waals surface area contributed by atoms with Crippen LogP contribution in [-0.2, 0) is 4.79 Å². The van der Waals surface area contributed by atoms with Crippen LogP contribution in [0.3, 0.4) is 0 Å². The van der Waals surface area contributed by atoms with Gasteiger partial charge >= 0.3 is 0 Å². The van der Waals surface area contributed by atoms with Gasteiger partial charge in [-0.05, 0) is 26.0 Å². The lowest BCUT2D eigenvalue weighted by atomic mass is 10.2. The quantitative estimate of drug-likeness (QED) is 0.637. The minimum absolute atomic E-state index is 0.236. The van der Waals surface area contributed by atoms with Crippen LogP contribution in [-0.4, -0.2) is 5.91 Å². The van der Waals surface area contributed by atoms with E-state index in [1.807, 2.05) is 6.92 Å². The SMILES string of the molecule is C/C=C\C(=C/C)C(=O)Nc1c(Cl)cccc1Cl. The zero-order valence-electron chi connectivity index (χ0n) is 9.63. The van der Waals surface area contributed by atoms with Gasteiger partial charge in [0.1, 0.15) is 0 Å². The Bertz CT molecular complexity index is 458. The topological polar surface area (TPSA) is 29.1 Å². The van der Waals surface area contributed by atoms with Crippen molar-refractivity contribution in [3.8, 4) is 0 Å². The Morgan fingerprint density at radius 1 is 1.24 bits per heavy atom. The number of rotatable bonds is 3.